The van der Waals surface area contributed by atoms with E-state index in [1.807, 2.05) is 19.3 Å². The van der Waals surface area contributed by atoms with E-state index in [1.165, 1.54) is 11.1 Å². The summed E-state index contributed by atoms with van der Waals surface area (Å²) in [4.78, 5) is 4.18. The largest absolute Gasteiger partial charge is 0.387 e. The molecule has 3 heteroatoms. The molecule has 1 aromatic carbocycles. The van der Waals surface area contributed by atoms with Gasteiger partial charge < -0.3 is 10.6 Å². The van der Waals surface area contributed by atoms with Crippen LogP contribution in [-0.2, 0) is 0 Å². The first-order valence-electron chi connectivity index (χ1n) is 5.67. The number of benzene rings is 1. The van der Waals surface area contributed by atoms with Crippen LogP contribution in [0.1, 0.15) is 11.1 Å². The first-order chi connectivity index (χ1) is 8.20. The third-order valence-electron chi connectivity index (χ3n) is 2.91. The second kappa shape index (κ2) is 4.87. The zero-order valence-corrected chi connectivity index (χ0v) is 10.4. The third kappa shape index (κ3) is 2.56. The molecular formula is C14H17N3. The van der Waals surface area contributed by atoms with E-state index in [4.69, 9.17) is 0 Å². The monoisotopic (exact) mass is 227 g/mol. The van der Waals surface area contributed by atoms with Crippen LogP contribution in [0.5, 0.6) is 0 Å². The molecule has 1 heterocycles. The Kier molecular flexibility index (Phi) is 3.28. The predicted octanol–water partition coefficient (Wildman–Crippen LogP) is 3.48. The number of pyridine rings is 1. The molecular weight excluding hydrogens is 210 g/mol. The number of rotatable bonds is 3. The van der Waals surface area contributed by atoms with Gasteiger partial charge in [-0.3, -0.25) is 4.98 Å². The fourth-order valence-electron chi connectivity index (χ4n) is 1.69. The standard InChI is InChI=1S/C14H17N3/c1-10-5-4-6-14(11(10)2)17-13-7-12(15-3)8-16-9-13/h4-9,15,17H,1-3H3. The Morgan fingerprint density at radius 2 is 1.82 bits per heavy atom. The summed E-state index contributed by atoms with van der Waals surface area (Å²) in [6.45, 7) is 4.23. The van der Waals surface area contributed by atoms with Crippen molar-refractivity contribution < 1.29 is 0 Å². The Balaban J connectivity index is 2.28. The summed E-state index contributed by atoms with van der Waals surface area (Å²) in [5.74, 6) is 0. The second-order valence-corrected chi connectivity index (χ2v) is 4.08. The molecule has 0 atom stereocenters. The van der Waals surface area contributed by atoms with Crippen LogP contribution in [0.2, 0.25) is 0 Å². The van der Waals surface area contributed by atoms with E-state index < -0.39 is 0 Å². The molecule has 2 aromatic rings. The maximum Gasteiger partial charge on any atom is 0.0591 e. The van der Waals surface area contributed by atoms with Crippen LogP contribution in [0, 0.1) is 13.8 Å². The Labute approximate surface area is 102 Å². The van der Waals surface area contributed by atoms with Crippen LogP contribution in [-0.4, -0.2) is 12.0 Å². The van der Waals surface area contributed by atoms with Crippen LogP contribution in [0.4, 0.5) is 17.1 Å². The van der Waals surface area contributed by atoms with E-state index in [0.717, 1.165) is 17.1 Å². The number of anilines is 3. The minimum atomic E-state index is 0.991. The van der Waals surface area contributed by atoms with Gasteiger partial charge in [-0.1, -0.05) is 12.1 Å². The zero-order valence-electron chi connectivity index (χ0n) is 10.4. The van der Waals surface area contributed by atoms with Crippen LogP contribution in [0.25, 0.3) is 0 Å². The number of aromatic nitrogens is 1. The quantitative estimate of drug-likeness (QED) is 0.842. The van der Waals surface area contributed by atoms with Gasteiger partial charge in [-0.15, -0.1) is 0 Å². The maximum absolute atomic E-state index is 4.18. The van der Waals surface area contributed by atoms with Gasteiger partial charge in [-0.05, 0) is 37.1 Å². The Bertz CT molecular complexity index is 521. The highest BCUT2D eigenvalue weighted by Gasteiger charge is 2.01. The van der Waals surface area contributed by atoms with Crippen molar-refractivity contribution in [3.63, 3.8) is 0 Å². The average Bonchev–Trinajstić information content (AvgIpc) is 2.35. The molecule has 0 spiro atoms. The van der Waals surface area contributed by atoms with Crippen molar-refractivity contribution in [1.82, 2.24) is 4.98 Å². The number of nitrogens with zero attached hydrogens (tertiary/aromatic N) is 1. The van der Waals surface area contributed by atoms with E-state index in [1.54, 1.807) is 6.20 Å². The Morgan fingerprint density at radius 1 is 1.06 bits per heavy atom. The van der Waals surface area contributed by atoms with Crippen LogP contribution < -0.4 is 10.6 Å². The molecule has 0 fully saturated rings. The average molecular weight is 227 g/mol. The molecule has 0 aliphatic carbocycles. The fraction of sp³-hybridized carbons (Fsp3) is 0.214. The number of hydrogen-bond acceptors (Lipinski definition) is 3. The van der Waals surface area contributed by atoms with Gasteiger partial charge in [0.05, 0.1) is 23.8 Å². The molecule has 2 rings (SSSR count). The molecule has 2 N–H and O–H groups in total. The molecule has 0 aliphatic rings. The molecule has 0 aliphatic heterocycles. The summed E-state index contributed by atoms with van der Waals surface area (Å²) in [5, 5.41) is 6.46. The topological polar surface area (TPSA) is 37.0 Å². The normalized spacial score (nSPS) is 10.1. The van der Waals surface area contributed by atoms with Gasteiger partial charge >= 0.3 is 0 Å². The summed E-state index contributed by atoms with van der Waals surface area (Å²) < 4.78 is 0. The minimum Gasteiger partial charge on any atom is -0.387 e. The Morgan fingerprint density at radius 3 is 2.59 bits per heavy atom. The molecule has 1 aromatic heterocycles. The minimum absolute atomic E-state index is 0.991. The van der Waals surface area contributed by atoms with E-state index in [2.05, 4.69) is 47.7 Å². The summed E-state index contributed by atoms with van der Waals surface area (Å²) in [6, 6.07) is 8.28. The van der Waals surface area contributed by atoms with Gasteiger partial charge in [0, 0.05) is 12.7 Å². The van der Waals surface area contributed by atoms with Crippen molar-refractivity contribution >= 4 is 17.1 Å². The van der Waals surface area contributed by atoms with Gasteiger partial charge in [0.1, 0.15) is 0 Å². The van der Waals surface area contributed by atoms with E-state index >= 15 is 0 Å². The zero-order chi connectivity index (χ0) is 12.3. The highest BCUT2D eigenvalue weighted by Crippen LogP contribution is 2.23. The van der Waals surface area contributed by atoms with Crippen molar-refractivity contribution in [3.05, 3.63) is 47.8 Å². The summed E-state index contributed by atoms with van der Waals surface area (Å²) in [7, 11) is 1.89. The van der Waals surface area contributed by atoms with E-state index in [9.17, 15) is 0 Å². The number of hydrogen-bond donors (Lipinski definition) is 2. The van der Waals surface area contributed by atoms with E-state index in [-0.39, 0.29) is 0 Å². The lowest BCUT2D eigenvalue weighted by atomic mass is 10.1. The van der Waals surface area contributed by atoms with Crippen molar-refractivity contribution in [2.45, 2.75) is 13.8 Å². The van der Waals surface area contributed by atoms with Gasteiger partial charge in [0.25, 0.3) is 0 Å². The van der Waals surface area contributed by atoms with Gasteiger partial charge in [0.15, 0.2) is 0 Å². The van der Waals surface area contributed by atoms with Gasteiger partial charge in [-0.25, -0.2) is 0 Å². The van der Waals surface area contributed by atoms with Gasteiger partial charge in [-0.2, -0.15) is 0 Å². The molecule has 0 radical (unpaired) electrons. The Hall–Kier alpha value is -2.03. The molecule has 0 saturated carbocycles. The highest BCUT2D eigenvalue weighted by molar-refractivity contribution is 5.66. The molecule has 0 amide bonds. The first-order valence-corrected chi connectivity index (χ1v) is 5.67. The van der Waals surface area contributed by atoms with Crippen molar-refractivity contribution in [2.24, 2.45) is 0 Å². The van der Waals surface area contributed by atoms with E-state index in [0.29, 0.717) is 0 Å². The lowest BCUT2D eigenvalue weighted by Gasteiger charge is -2.11. The van der Waals surface area contributed by atoms with Crippen molar-refractivity contribution in [1.29, 1.82) is 0 Å². The molecule has 88 valence electrons. The number of aryl methyl sites for hydroxylation is 1. The van der Waals surface area contributed by atoms with Crippen molar-refractivity contribution in [2.75, 3.05) is 17.7 Å². The molecule has 3 nitrogen and oxygen atoms in total. The number of nitrogens with one attached hydrogen (secondary N) is 2. The van der Waals surface area contributed by atoms with Gasteiger partial charge in [0.2, 0.25) is 0 Å². The molecule has 0 bridgehead atoms. The van der Waals surface area contributed by atoms with Crippen LogP contribution in [0.15, 0.2) is 36.7 Å². The van der Waals surface area contributed by atoms with Crippen molar-refractivity contribution in [3.8, 4) is 0 Å². The fourth-order valence-corrected chi connectivity index (χ4v) is 1.69. The molecule has 0 unspecified atom stereocenters. The SMILES string of the molecule is CNc1cncc(Nc2cccc(C)c2C)c1. The molecule has 0 saturated heterocycles. The van der Waals surface area contributed by atoms with Crippen LogP contribution >= 0.6 is 0 Å². The maximum atomic E-state index is 4.18. The lowest BCUT2D eigenvalue weighted by molar-refractivity contribution is 1.29. The smallest absolute Gasteiger partial charge is 0.0591 e. The first kappa shape index (κ1) is 11.5. The summed E-state index contributed by atoms with van der Waals surface area (Å²) >= 11 is 0. The third-order valence-corrected chi connectivity index (χ3v) is 2.91. The highest BCUT2D eigenvalue weighted by atomic mass is 14.9. The molecule has 17 heavy (non-hydrogen) atoms. The summed E-state index contributed by atoms with van der Waals surface area (Å²) in [5.41, 5.74) is 5.67. The predicted molar refractivity (Wildman–Crippen MR) is 73.0 cm³/mol. The summed E-state index contributed by atoms with van der Waals surface area (Å²) in [6.07, 6.45) is 3.62. The van der Waals surface area contributed by atoms with Crippen LogP contribution in [0.3, 0.4) is 0 Å². The second-order valence-electron chi connectivity index (χ2n) is 4.08. The lowest BCUT2D eigenvalue weighted by Crippen LogP contribution is -1.97.